The minimum Gasteiger partial charge on any atom is -0.493 e. The van der Waals surface area contributed by atoms with Gasteiger partial charge < -0.3 is 14.2 Å². The van der Waals surface area contributed by atoms with Gasteiger partial charge in [0, 0.05) is 35.6 Å². The number of methoxy groups -OCH3 is 3. The fourth-order valence-electron chi connectivity index (χ4n) is 4.85. The second-order valence-corrected chi connectivity index (χ2v) is 8.06. The fraction of sp³-hybridized carbons (Fsp3) is 0.360. The predicted molar refractivity (Wildman–Crippen MR) is 118 cm³/mol. The van der Waals surface area contributed by atoms with Gasteiger partial charge in [-0.1, -0.05) is 18.2 Å². The maximum absolute atomic E-state index is 13.8. The van der Waals surface area contributed by atoms with Gasteiger partial charge in [0.1, 0.15) is 0 Å². The number of benzene rings is 2. The van der Waals surface area contributed by atoms with E-state index in [0.29, 0.717) is 46.9 Å². The van der Waals surface area contributed by atoms with Crippen molar-refractivity contribution in [1.29, 1.82) is 0 Å². The Morgan fingerprint density at radius 1 is 0.912 bits per heavy atom. The van der Waals surface area contributed by atoms with Crippen molar-refractivity contribution in [3.05, 3.63) is 58.8 Å². The van der Waals surface area contributed by atoms with Crippen LogP contribution >= 0.6 is 0 Å². The molecule has 2 aromatic rings. The van der Waals surface area contributed by atoms with Crippen LogP contribution in [0.25, 0.3) is 0 Å². The highest BCUT2D eigenvalue weighted by Crippen LogP contribution is 2.50. The van der Waals surface area contributed by atoms with Crippen molar-refractivity contribution in [2.24, 2.45) is 0 Å². The maximum Gasteiger partial charge on any atom is 0.418 e. The number of ketones is 1. The molecule has 2 aliphatic rings. The average molecular weight is 475 g/mol. The summed E-state index contributed by atoms with van der Waals surface area (Å²) in [6, 6.07) is 8.29. The number of carbonyl (C=O) groups excluding carboxylic acids is 2. The number of hydrogen-bond acceptors (Lipinski definition) is 5. The first kappa shape index (κ1) is 23.7. The molecule has 4 rings (SSSR count). The summed E-state index contributed by atoms with van der Waals surface area (Å²) in [5, 5.41) is 0. The zero-order valence-electron chi connectivity index (χ0n) is 19.0. The molecule has 34 heavy (non-hydrogen) atoms. The highest BCUT2D eigenvalue weighted by atomic mass is 19.4. The molecule has 0 aromatic heterocycles. The first-order chi connectivity index (χ1) is 16.2. The summed E-state index contributed by atoms with van der Waals surface area (Å²) in [5.74, 6) is -0.356. The Labute approximate surface area is 194 Å². The number of anilines is 1. The lowest BCUT2D eigenvalue weighted by Crippen LogP contribution is -2.41. The largest absolute Gasteiger partial charge is 0.493 e. The highest BCUT2D eigenvalue weighted by molar-refractivity contribution is 6.08. The van der Waals surface area contributed by atoms with Gasteiger partial charge in [0.05, 0.1) is 32.6 Å². The van der Waals surface area contributed by atoms with Crippen LogP contribution in [0.3, 0.4) is 0 Å². The van der Waals surface area contributed by atoms with Crippen LogP contribution in [0, 0.1) is 0 Å². The number of carbonyl (C=O) groups is 2. The van der Waals surface area contributed by atoms with E-state index in [-0.39, 0.29) is 24.3 Å². The normalized spacial score (nSPS) is 18.6. The lowest BCUT2D eigenvalue weighted by Gasteiger charge is -2.39. The lowest BCUT2D eigenvalue weighted by atomic mass is 9.76. The number of para-hydroxylation sites is 1. The number of halogens is 3. The molecular weight excluding hydrogens is 451 g/mol. The van der Waals surface area contributed by atoms with Crippen LogP contribution in [-0.2, 0) is 15.8 Å². The summed E-state index contributed by atoms with van der Waals surface area (Å²) in [7, 11) is 4.36. The molecule has 0 spiro atoms. The minimum absolute atomic E-state index is 0.190. The number of alkyl halides is 3. The number of amides is 1. The monoisotopic (exact) mass is 475 g/mol. The first-order valence-electron chi connectivity index (χ1n) is 10.8. The zero-order valence-corrected chi connectivity index (χ0v) is 19.0. The first-order valence-corrected chi connectivity index (χ1v) is 10.8. The number of Topliss-reactive ketones (excluding diaryl/α,β-unsaturated/α-hetero) is 1. The minimum atomic E-state index is -4.65. The third kappa shape index (κ3) is 3.89. The molecule has 180 valence electrons. The molecule has 9 heteroatoms. The molecule has 1 atom stereocenters. The van der Waals surface area contributed by atoms with E-state index in [1.807, 2.05) is 0 Å². The van der Waals surface area contributed by atoms with Crippen molar-refractivity contribution in [2.75, 3.05) is 26.2 Å². The number of rotatable bonds is 5. The summed E-state index contributed by atoms with van der Waals surface area (Å²) >= 11 is 0. The zero-order chi connectivity index (χ0) is 24.6. The van der Waals surface area contributed by atoms with Gasteiger partial charge in [-0.3, -0.25) is 14.5 Å². The van der Waals surface area contributed by atoms with E-state index in [1.54, 1.807) is 12.1 Å². The van der Waals surface area contributed by atoms with E-state index >= 15 is 0 Å². The Bertz CT molecular complexity index is 1170. The highest BCUT2D eigenvalue weighted by Gasteiger charge is 2.44. The van der Waals surface area contributed by atoms with Gasteiger partial charge in [-0.25, -0.2) is 0 Å². The van der Waals surface area contributed by atoms with E-state index in [1.165, 1.54) is 39.5 Å². The van der Waals surface area contributed by atoms with Crippen LogP contribution in [0.2, 0.25) is 0 Å². The molecule has 0 unspecified atom stereocenters. The maximum atomic E-state index is 13.8. The smallest absolute Gasteiger partial charge is 0.418 e. The van der Waals surface area contributed by atoms with Crippen LogP contribution in [0.4, 0.5) is 18.9 Å². The third-order valence-electron chi connectivity index (χ3n) is 6.24. The van der Waals surface area contributed by atoms with Gasteiger partial charge >= 0.3 is 6.18 Å². The van der Waals surface area contributed by atoms with E-state index in [9.17, 15) is 22.8 Å². The Morgan fingerprint density at radius 3 is 2.26 bits per heavy atom. The van der Waals surface area contributed by atoms with E-state index < -0.39 is 23.6 Å². The van der Waals surface area contributed by atoms with Crippen molar-refractivity contribution in [2.45, 2.75) is 37.8 Å². The summed E-state index contributed by atoms with van der Waals surface area (Å²) in [5.41, 5.74) is 0.00897. The molecule has 0 radical (unpaired) electrons. The molecule has 1 aliphatic heterocycles. The topological polar surface area (TPSA) is 65.1 Å². The van der Waals surface area contributed by atoms with E-state index in [2.05, 4.69) is 0 Å². The Kier molecular flexibility index (Phi) is 6.29. The second kappa shape index (κ2) is 9.04. The Hall–Kier alpha value is -3.49. The van der Waals surface area contributed by atoms with Crippen molar-refractivity contribution in [3.8, 4) is 17.2 Å². The van der Waals surface area contributed by atoms with Crippen LogP contribution in [-0.4, -0.2) is 33.0 Å². The Balaban J connectivity index is 1.94. The third-order valence-corrected chi connectivity index (χ3v) is 6.24. The van der Waals surface area contributed by atoms with Crippen LogP contribution in [0.5, 0.6) is 17.2 Å². The van der Waals surface area contributed by atoms with Gasteiger partial charge in [0.25, 0.3) is 0 Å². The number of hydrogen-bond donors (Lipinski definition) is 0. The SMILES string of the molecule is COc1ccc([C@H]2CC(=O)N(c3ccccc3C(F)(F)F)C3=C2C(=O)CCC3)c(OC)c1OC. The number of allylic oxidation sites excluding steroid dienone is 2. The molecule has 0 fully saturated rings. The average Bonchev–Trinajstić information content (AvgIpc) is 2.82. The van der Waals surface area contributed by atoms with Crippen LogP contribution in [0.1, 0.15) is 42.7 Å². The van der Waals surface area contributed by atoms with Gasteiger partial charge in [-0.15, -0.1) is 0 Å². The van der Waals surface area contributed by atoms with Gasteiger partial charge in [-0.05, 0) is 31.0 Å². The van der Waals surface area contributed by atoms with Crippen molar-refractivity contribution >= 4 is 17.4 Å². The molecule has 0 saturated carbocycles. The molecule has 2 aromatic carbocycles. The summed E-state index contributed by atoms with van der Waals surface area (Å²) in [6.07, 6.45) is -3.83. The standard InChI is InChI=1S/C25H24F3NO5/c1-32-20-12-11-14(23(33-2)24(20)34-3)15-13-21(31)29(18-9-6-10-19(30)22(15)18)17-8-5-4-7-16(17)25(26,27)28/h4-5,7-8,11-12,15H,6,9-10,13H2,1-3H3/t15-/m1/s1. The molecule has 0 N–H and O–H groups in total. The van der Waals surface area contributed by atoms with E-state index in [0.717, 1.165) is 11.0 Å². The van der Waals surface area contributed by atoms with Gasteiger partial charge in [-0.2, -0.15) is 13.2 Å². The van der Waals surface area contributed by atoms with Crippen molar-refractivity contribution in [3.63, 3.8) is 0 Å². The lowest BCUT2D eigenvalue weighted by molar-refractivity contribution is -0.137. The summed E-state index contributed by atoms with van der Waals surface area (Å²) in [4.78, 5) is 27.6. The molecule has 1 amide bonds. The second-order valence-electron chi connectivity index (χ2n) is 8.06. The van der Waals surface area contributed by atoms with Crippen molar-refractivity contribution < 1.29 is 37.0 Å². The molecule has 1 aliphatic carbocycles. The summed E-state index contributed by atoms with van der Waals surface area (Å²) < 4.78 is 57.6. The summed E-state index contributed by atoms with van der Waals surface area (Å²) in [6.45, 7) is 0. The van der Waals surface area contributed by atoms with Crippen molar-refractivity contribution in [1.82, 2.24) is 0 Å². The van der Waals surface area contributed by atoms with Gasteiger partial charge in [0.2, 0.25) is 11.7 Å². The Morgan fingerprint density at radius 2 is 1.62 bits per heavy atom. The predicted octanol–water partition coefficient (Wildman–Crippen LogP) is 5.26. The van der Waals surface area contributed by atoms with E-state index in [4.69, 9.17) is 14.2 Å². The van der Waals surface area contributed by atoms with Gasteiger partial charge in [0.15, 0.2) is 17.3 Å². The quantitative estimate of drug-likeness (QED) is 0.591. The molecule has 1 heterocycles. The van der Waals surface area contributed by atoms with Crippen LogP contribution in [0.15, 0.2) is 47.7 Å². The van der Waals surface area contributed by atoms with Crippen LogP contribution < -0.4 is 19.1 Å². The molecule has 0 saturated heterocycles. The molecule has 6 nitrogen and oxygen atoms in total. The number of nitrogens with zero attached hydrogens (tertiary/aromatic N) is 1. The molecular formula is C25H24F3NO5. The number of ether oxygens (including phenoxy) is 3. The molecule has 0 bridgehead atoms. The fourth-order valence-corrected chi connectivity index (χ4v) is 4.85.